The first-order valence-electron chi connectivity index (χ1n) is 3.54. The summed E-state index contributed by atoms with van der Waals surface area (Å²) in [6.45, 7) is 0.878. The van der Waals surface area contributed by atoms with Gasteiger partial charge in [-0.25, -0.2) is 9.18 Å². The first-order chi connectivity index (χ1) is 5.74. The summed E-state index contributed by atoms with van der Waals surface area (Å²) >= 11 is 1.29. The second-order valence-electron chi connectivity index (χ2n) is 2.35. The average Bonchev–Trinajstić information content (AvgIpc) is 2.56. The minimum Gasteiger partial charge on any atom is -0.456 e. The molecular weight excluding hydrogens is 179 g/mol. The quantitative estimate of drug-likeness (QED) is 0.680. The monoisotopic (exact) mass is 188 g/mol. The Bertz CT molecular complexity index is 246. The Morgan fingerprint density at radius 3 is 3.08 bits per heavy atom. The van der Waals surface area contributed by atoms with Crippen LogP contribution in [0.25, 0.3) is 0 Å². The van der Waals surface area contributed by atoms with E-state index in [0.717, 1.165) is 0 Å². The summed E-state index contributed by atoms with van der Waals surface area (Å²) in [6.07, 6.45) is -0.653. The minimum absolute atomic E-state index is 0.449. The van der Waals surface area contributed by atoms with E-state index in [1.54, 1.807) is 17.5 Å². The van der Waals surface area contributed by atoms with Gasteiger partial charge in [0.15, 0.2) is 0 Å². The van der Waals surface area contributed by atoms with Crippen molar-refractivity contribution < 1.29 is 13.9 Å². The largest absolute Gasteiger partial charge is 0.456 e. The summed E-state index contributed by atoms with van der Waals surface area (Å²) in [5, 5.41) is 1.77. The first-order valence-corrected chi connectivity index (χ1v) is 4.42. The van der Waals surface area contributed by atoms with Crippen LogP contribution < -0.4 is 0 Å². The summed E-state index contributed by atoms with van der Waals surface area (Å²) in [5.41, 5.74) is 0. The van der Waals surface area contributed by atoms with Crippen LogP contribution in [0.4, 0.5) is 4.39 Å². The molecule has 0 fully saturated rings. The molecule has 12 heavy (non-hydrogen) atoms. The molecular formula is C8H9FO2S. The van der Waals surface area contributed by atoms with Crippen molar-refractivity contribution in [3.63, 3.8) is 0 Å². The van der Waals surface area contributed by atoms with Gasteiger partial charge in [0.05, 0.1) is 0 Å². The summed E-state index contributed by atoms with van der Waals surface area (Å²) < 4.78 is 16.7. The van der Waals surface area contributed by atoms with Gasteiger partial charge in [-0.2, -0.15) is 0 Å². The van der Waals surface area contributed by atoms with E-state index >= 15 is 0 Å². The molecule has 0 aromatic carbocycles. The molecule has 0 aliphatic carbocycles. The van der Waals surface area contributed by atoms with Gasteiger partial charge in [-0.05, 0) is 18.4 Å². The number of thiophene rings is 1. The molecule has 0 saturated carbocycles. The molecule has 2 nitrogen and oxygen atoms in total. The number of rotatable bonds is 3. The fraction of sp³-hybridized carbons (Fsp3) is 0.375. The van der Waals surface area contributed by atoms with E-state index in [2.05, 4.69) is 0 Å². The Labute approximate surface area is 74.0 Å². The lowest BCUT2D eigenvalue weighted by molar-refractivity contribution is 0.0293. The van der Waals surface area contributed by atoms with Crippen LogP contribution in [0.1, 0.15) is 16.6 Å². The van der Waals surface area contributed by atoms with E-state index < -0.39 is 18.7 Å². The van der Waals surface area contributed by atoms with Crippen molar-refractivity contribution in [3.8, 4) is 0 Å². The van der Waals surface area contributed by atoms with E-state index in [1.807, 2.05) is 0 Å². The molecule has 1 aromatic rings. The molecule has 1 aromatic heterocycles. The molecule has 4 heteroatoms. The standard InChI is InChI=1S/C8H9FO2S/c1-6(5-9)11-8(10)7-3-2-4-12-7/h2-4,6H,5H2,1H3/t6-/m0/s1. The summed E-state index contributed by atoms with van der Waals surface area (Å²) in [5.74, 6) is -0.449. The fourth-order valence-electron chi connectivity index (χ4n) is 0.667. The summed E-state index contributed by atoms with van der Waals surface area (Å²) in [6, 6.07) is 3.40. The van der Waals surface area contributed by atoms with E-state index in [1.165, 1.54) is 18.3 Å². The van der Waals surface area contributed by atoms with E-state index in [0.29, 0.717) is 4.88 Å². The van der Waals surface area contributed by atoms with Crippen LogP contribution in [0, 0.1) is 0 Å². The molecule has 0 aliphatic rings. The SMILES string of the molecule is C[C@@H](CF)OC(=O)c1cccs1. The number of carbonyl (C=O) groups is 1. The maximum atomic E-state index is 11.9. The highest BCUT2D eigenvalue weighted by Crippen LogP contribution is 2.11. The molecule has 0 aliphatic heterocycles. The van der Waals surface area contributed by atoms with Gasteiger partial charge in [-0.3, -0.25) is 0 Å². The third kappa shape index (κ3) is 2.30. The van der Waals surface area contributed by atoms with Crippen molar-refractivity contribution in [1.29, 1.82) is 0 Å². The van der Waals surface area contributed by atoms with Crippen molar-refractivity contribution in [1.82, 2.24) is 0 Å². The Morgan fingerprint density at radius 1 is 1.83 bits per heavy atom. The molecule has 0 spiro atoms. The highest BCUT2D eigenvalue weighted by Gasteiger charge is 2.11. The van der Waals surface area contributed by atoms with Crippen LogP contribution in [0.15, 0.2) is 17.5 Å². The van der Waals surface area contributed by atoms with Crippen molar-refractivity contribution in [2.45, 2.75) is 13.0 Å². The number of esters is 1. The highest BCUT2D eigenvalue weighted by atomic mass is 32.1. The van der Waals surface area contributed by atoms with E-state index in [4.69, 9.17) is 4.74 Å². The maximum Gasteiger partial charge on any atom is 0.348 e. The lowest BCUT2D eigenvalue weighted by atomic mass is 10.4. The van der Waals surface area contributed by atoms with Gasteiger partial charge in [0.2, 0.25) is 0 Å². The Balaban J connectivity index is 2.50. The second kappa shape index (κ2) is 4.21. The average molecular weight is 188 g/mol. The number of carbonyl (C=O) groups excluding carboxylic acids is 1. The molecule has 1 rings (SSSR count). The first kappa shape index (κ1) is 9.19. The molecule has 0 unspecified atom stereocenters. The fourth-order valence-corrected chi connectivity index (χ4v) is 1.27. The number of alkyl halides is 1. The summed E-state index contributed by atoms with van der Waals surface area (Å²) in [7, 11) is 0. The van der Waals surface area contributed by atoms with Gasteiger partial charge in [0.1, 0.15) is 17.7 Å². The van der Waals surface area contributed by atoms with Crippen LogP contribution in [0.2, 0.25) is 0 Å². The van der Waals surface area contributed by atoms with Crippen LogP contribution in [-0.2, 0) is 4.74 Å². The highest BCUT2D eigenvalue weighted by molar-refractivity contribution is 7.11. The van der Waals surface area contributed by atoms with Gasteiger partial charge in [0.25, 0.3) is 0 Å². The zero-order valence-corrected chi connectivity index (χ0v) is 7.44. The maximum absolute atomic E-state index is 11.9. The van der Waals surface area contributed by atoms with Crippen LogP contribution in [0.5, 0.6) is 0 Å². The number of hydrogen-bond acceptors (Lipinski definition) is 3. The molecule has 0 N–H and O–H groups in total. The molecule has 0 amide bonds. The molecule has 0 bridgehead atoms. The van der Waals surface area contributed by atoms with Crippen molar-refractivity contribution >= 4 is 17.3 Å². The third-order valence-electron chi connectivity index (χ3n) is 1.25. The van der Waals surface area contributed by atoms with Gasteiger partial charge in [-0.1, -0.05) is 6.07 Å². The van der Waals surface area contributed by atoms with Gasteiger partial charge in [0, 0.05) is 0 Å². The zero-order valence-electron chi connectivity index (χ0n) is 6.62. The zero-order chi connectivity index (χ0) is 8.97. The Hall–Kier alpha value is -0.900. The van der Waals surface area contributed by atoms with Gasteiger partial charge >= 0.3 is 5.97 Å². The Morgan fingerprint density at radius 2 is 2.58 bits per heavy atom. The minimum atomic E-state index is -0.653. The van der Waals surface area contributed by atoms with Crippen molar-refractivity contribution in [3.05, 3.63) is 22.4 Å². The molecule has 0 radical (unpaired) electrons. The third-order valence-corrected chi connectivity index (χ3v) is 2.10. The van der Waals surface area contributed by atoms with Gasteiger partial charge < -0.3 is 4.74 Å². The topological polar surface area (TPSA) is 26.3 Å². The molecule has 66 valence electrons. The summed E-state index contributed by atoms with van der Waals surface area (Å²) in [4.78, 5) is 11.6. The van der Waals surface area contributed by atoms with Crippen molar-refractivity contribution in [2.75, 3.05) is 6.67 Å². The lowest BCUT2D eigenvalue weighted by Crippen LogP contribution is -2.15. The van der Waals surface area contributed by atoms with Crippen LogP contribution in [-0.4, -0.2) is 18.7 Å². The predicted molar refractivity (Wildman–Crippen MR) is 45.2 cm³/mol. The smallest absolute Gasteiger partial charge is 0.348 e. The Kier molecular flexibility index (Phi) is 3.22. The van der Waals surface area contributed by atoms with Crippen LogP contribution >= 0.6 is 11.3 Å². The van der Waals surface area contributed by atoms with Crippen LogP contribution in [0.3, 0.4) is 0 Å². The van der Waals surface area contributed by atoms with Crippen molar-refractivity contribution in [2.24, 2.45) is 0 Å². The number of halogens is 1. The number of hydrogen-bond donors (Lipinski definition) is 0. The molecule has 1 atom stereocenters. The normalized spacial score (nSPS) is 12.5. The molecule has 0 saturated heterocycles. The van der Waals surface area contributed by atoms with E-state index in [-0.39, 0.29) is 0 Å². The number of ether oxygens (including phenoxy) is 1. The van der Waals surface area contributed by atoms with E-state index in [9.17, 15) is 9.18 Å². The predicted octanol–water partition coefficient (Wildman–Crippen LogP) is 2.26. The lowest BCUT2D eigenvalue weighted by Gasteiger charge is -2.07. The van der Waals surface area contributed by atoms with Gasteiger partial charge in [-0.15, -0.1) is 11.3 Å². The second-order valence-corrected chi connectivity index (χ2v) is 3.30. The molecule has 1 heterocycles.